The summed E-state index contributed by atoms with van der Waals surface area (Å²) in [6.07, 6.45) is 13.5. The first-order valence-electron chi connectivity index (χ1n) is 10.0. The summed E-state index contributed by atoms with van der Waals surface area (Å²) in [5, 5.41) is 13.4. The molecule has 6 heteroatoms. The van der Waals surface area contributed by atoms with Crippen LogP contribution in [0.3, 0.4) is 0 Å². The molecule has 1 aliphatic carbocycles. The topological polar surface area (TPSA) is 79.5 Å². The van der Waals surface area contributed by atoms with E-state index in [0.29, 0.717) is 11.8 Å². The predicted octanol–water partition coefficient (Wildman–Crippen LogP) is 4.37. The van der Waals surface area contributed by atoms with Crippen LogP contribution in [0.25, 0.3) is 0 Å². The summed E-state index contributed by atoms with van der Waals surface area (Å²) in [5.41, 5.74) is 0. The summed E-state index contributed by atoms with van der Waals surface area (Å²) in [6, 6.07) is 0. The molecule has 0 unspecified atom stereocenters. The molecule has 1 aromatic rings. The van der Waals surface area contributed by atoms with Crippen molar-refractivity contribution in [3.05, 3.63) is 5.89 Å². The minimum atomic E-state index is -0.791. The van der Waals surface area contributed by atoms with Crippen molar-refractivity contribution in [1.29, 1.82) is 0 Å². The van der Waals surface area contributed by atoms with Gasteiger partial charge in [-0.1, -0.05) is 44.9 Å². The average molecular weight is 349 g/mol. The van der Waals surface area contributed by atoms with Crippen LogP contribution in [0.5, 0.6) is 0 Å². The lowest BCUT2D eigenvalue weighted by Crippen LogP contribution is -2.30. The van der Waals surface area contributed by atoms with E-state index >= 15 is 0 Å². The molecule has 6 nitrogen and oxygen atoms in total. The molecule has 2 fully saturated rings. The lowest BCUT2D eigenvalue weighted by Gasteiger charge is -2.24. The van der Waals surface area contributed by atoms with Crippen molar-refractivity contribution in [1.82, 2.24) is 10.1 Å². The Morgan fingerprint density at radius 1 is 1.16 bits per heavy atom. The lowest BCUT2D eigenvalue weighted by molar-refractivity contribution is -0.137. The minimum absolute atomic E-state index is 0.0757. The number of aromatic nitrogens is 2. The standard InChI is InChI=1S/C19H31N3O3/c23-17(24)14-16(11-7-10-15-8-3-1-4-9-15)18-20-19(21-25-18)22-12-5-2-6-13-22/h15-16H,1-14H2,(H,23,24)/t16-/m1/s1. The van der Waals surface area contributed by atoms with Crippen LogP contribution in [-0.2, 0) is 4.79 Å². The van der Waals surface area contributed by atoms with Crippen molar-refractivity contribution in [3.63, 3.8) is 0 Å². The molecule has 2 heterocycles. The molecular weight excluding hydrogens is 318 g/mol. The van der Waals surface area contributed by atoms with Crippen LogP contribution in [0.15, 0.2) is 4.52 Å². The number of carbonyl (C=O) groups is 1. The van der Waals surface area contributed by atoms with E-state index in [2.05, 4.69) is 15.0 Å². The summed E-state index contributed by atoms with van der Waals surface area (Å²) in [6.45, 7) is 1.93. The maximum Gasteiger partial charge on any atom is 0.304 e. The average Bonchev–Trinajstić information content (AvgIpc) is 3.12. The Morgan fingerprint density at radius 3 is 2.60 bits per heavy atom. The number of hydrogen-bond donors (Lipinski definition) is 1. The van der Waals surface area contributed by atoms with Gasteiger partial charge < -0.3 is 14.5 Å². The van der Waals surface area contributed by atoms with Crippen LogP contribution in [-0.4, -0.2) is 34.3 Å². The molecule has 1 N–H and O–H groups in total. The van der Waals surface area contributed by atoms with Crippen LogP contribution in [0.4, 0.5) is 5.95 Å². The van der Waals surface area contributed by atoms with Crippen molar-refractivity contribution in [2.45, 2.75) is 83.0 Å². The second kappa shape index (κ2) is 9.20. The number of nitrogens with zero attached hydrogens (tertiary/aromatic N) is 3. The van der Waals surface area contributed by atoms with E-state index in [1.165, 1.54) is 44.9 Å². The van der Waals surface area contributed by atoms with E-state index in [1.807, 2.05) is 0 Å². The molecule has 140 valence electrons. The third-order valence-corrected chi connectivity index (χ3v) is 5.73. The molecule has 0 amide bonds. The smallest absolute Gasteiger partial charge is 0.304 e. The number of carboxylic acids is 1. The summed E-state index contributed by atoms with van der Waals surface area (Å²) in [5.74, 6) is 1.02. The lowest BCUT2D eigenvalue weighted by atomic mass is 9.84. The van der Waals surface area contributed by atoms with Gasteiger partial charge in [0.2, 0.25) is 5.89 Å². The summed E-state index contributed by atoms with van der Waals surface area (Å²) in [4.78, 5) is 17.9. The van der Waals surface area contributed by atoms with Gasteiger partial charge in [-0.25, -0.2) is 0 Å². The van der Waals surface area contributed by atoms with Crippen LogP contribution < -0.4 is 4.90 Å². The van der Waals surface area contributed by atoms with Gasteiger partial charge in [0, 0.05) is 19.0 Å². The molecule has 1 aromatic heterocycles. The predicted molar refractivity (Wildman–Crippen MR) is 95.8 cm³/mol. The fourth-order valence-electron chi connectivity index (χ4n) is 4.27. The summed E-state index contributed by atoms with van der Waals surface area (Å²) in [7, 11) is 0. The Balaban J connectivity index is 1.55. The van der Waals surface area contributed by atoms with E-state index < -0.39 is 5.97 Å². The first-order valence-corrected chi connectivity index (χ1v) is 10.0. The first-order chi connectivity index (χ1) is 12.2. The third-order valence-electron chi connectivity index (χ3n) is 5.73. The maximum atomic E-state index is 11.3. The highest BCUT2D eigenvalue weighted by Crippen LogP contribution is 2.31. The van der Waals surface area contributed by atoms with Gasteiger partial charge in [-0.3, -0.25) is 4.79 Å². The van der Waals surface area contributed by atoms with Crippen LogP contribution in [0.1, 0.15) is 88.9 Å². The molecule has 1 atom stereocenters. The first kappa shape index (κ1) is 18.2. The highest BCUT2D eigenvalue weighted by Gasteiger charge is 2.25. The van der Waals surface area contributed by atoms with Gasteiger partial charge in [0.1, 0.15) is 0 Å². The van der Waals surface area contributed by atoms with E-state index in [9.17, 15) is 9.90 Å². The number of rotatable bonds is 8. The zero-order chi connectivity index (χ0) is 17.5. The summed E-state index contributed by atoms with van der Waals surface area (Å²) >= 11 is 0. The zero-order valence-electron chi connectivity index (χ0n) is 15.2. The van der Waals surface area contributed by atoms with Crippen molar-refractivity contribution in [2.75, 3.05) is 18.0 Å². The quantitative estimate of drug-likeness (QED) is 0.751. The summed E-state index contributed by atoms with van der Waals surface area (Å²) < 4.78 is 5.46. The van der Waals surface area contributed by atoms with E-state index in [4.69, 9.17) is 4.52 Å². The minimum Gasteiger partial charge on any atom is -0.481 e. The highest BCUT2D eigenvalue weighted by atomic mass is 16.5. The second-order valence-electron chi connectivity index (χ2n) is 7.71. The number of hydrogen-bond acceptors (Lipinski definition) is 5. The normalized spacial score (nSPS) is 20.6. The largest absolute Gasteiger partial charge is 0.481 e. The van der Waals surface area contributed by atoms with E-state index in [0.717, 1.165) is 44.7 Å². The van der Waals surface area contributed by atoms with Gasteiger partial charge in [0.25, 0.3) is 5.95 Å². The Hall–Kier alpha value is -1.59. The van der Waals surface area contributed by atoms with Crippen molar-refractivity contribution in [2.24, 2.45) is 5.92 Å². The number of anilines is 1. The number of aliphatic carboxylic acids is 1. The molecule has 3 rings (SSSR count). The van der Waals surface area contributed by atoms with Crippen molar-refractivity contribution in [3.8, 4) is 0 Å². The monoisotopic (exact) mass is 349 g/mol. The second-order valence-corrected chi connectivity index (χ2v) is 7.71. The van der Waals surface area contributed by atoms with Crippen LogP contribution in [0.2, 0.25) is 0 Å². The van der Waals surface area contributed by atoms with Gasteiger partial charge in [-0.05, 0) is 36.8 Å². The Labute approximate surface area is 150 Å². The molecule has 2 aliphatic rings. The molecule has 25 heavy (non-hydrogen) atoms. The number of carboxylic acid groups (broad SMARTS) is 1. The molecule has 0 spiro atoms. The molecule has 0 bridgehead atoms. The fraction of sp³-hybridized carbons (Fsp3) is 0.842. The van der Waals surface area contributed by atoms with Crippen LogP contribution in [0, 0.1) is 5.92 Å². The van der Waals surface area contributed by atoms with Crippen molar-refractivity contribution < 1.29 is 14.4 Å². The van der Waals surface area contributed by atoms with Gasteiger partial charge in [0.15, 0.2) is 0 Å². The Kier molecular flexibility index (Phi) is 6.70. The zero-order valence-corrected chi connectivity index (χ0v) is 15.2. The molecule has 0 radical (unpaired) electrons. The third kappa shape index (κ3) is 5.44. The maximum absolute atomic E-state index is 11.3. The fourth-order valence-corrected chi connectivity index (χ4v) is 4.27. The SMILES string of the molecule is O=C(O)C[C@@H](CCCC1CCCCC1)c1nc(N2CCCCC2)no1. The van der Waals surface area contributed by atoms with Gasteiger partial charge in [-0.15, -0.1) is 0 Å². The molecule has 0 aromatic carbocycles. The van der Waals surface area contributed by atoms with Gasteiger partial charge >= 0.3 is 5.97 Å². The molecule has 1 saturated carbocycles. The molecule has 1 saturated heterocycles. The van der Waals surface area contributed by atoms with Crippen molar-refractivity contribution >= 4 is 11.9 Å². The molecular formula is C19H31N3O3. The van der Waals surface area contributed by atoms with E-state index in [1.54, 1.807) is 0 Å². The number of piperidine rings is 1. The highest BCUT2D eigenvalue weighted by molar-refractivity contribution is 5.67. The molecule has 1 aliphatic heterocycles. The van der Waals surface area contributed by atoms with Gasteiger partial charge in [-0.2, -0.15) is 4.98 Å². The van der Waals surface area contributed by atoms with Crippen LogP contribution >= 0.6 is 0 Å². The van der Waals surface area contributed by atoms with Gasteiger partial charge in [0.05, 0.1) is 6.42 Å². The Bertz CT molecular complexity index is 534. The Morgan fingerprint density at radius 2 is 1.88 bits per heavy atom. The van der Waals surface area contributed by atoms with E-state index in [-0.39, 0.29) is 12.3 Å².